The molecule has 0 N–H and O–H groups in total. The Morgan fingerprint density at radius 3 is 2.88 bits per heavy atom. The first-order valence-electron chi connectivity index (χ1n) is 6.31. The van der Waals surface area contributed by atoms with Crippen molar-refractivity contribution in [2.45, 2.75) is 44.8 Å². The van der Waals surface area contributed by atoms with Gasteiger partial charge >= 0.3 is 0 Å². The molecule has 2 aliphatic rings. The molecule has 0 amide bonds. The SMILES string of the molecule is CC1(C)CN(Cc2nnc(C3CC3)o2)CCO1. The maximum Gasteiger partial charge on any atom is 0.230 e. The zero-order valence-corrected chi connectivity index (χ0v) is 10.5. The van der Waals surface area contributed by atoms with E-state index in [1.807, 2.05) is 0 Å². The lowest BCUT2D eigenvalue weighted by Gasteiger charge is -2.37. The number of aromatic nitrogens is 2. The summed E-state index contributed by atoms with van der Waals surface area (Å²) in [4.78, 5) is 2.31. The normalized spacial score (nSPS) is 25.1. The van der Waals surface area contributed by atoms with Crippen LogP contribution < -0.4 is 0 Å². The average molecular weight is 237 g/mol. The highest BCUT2D eigenvalue weighted by atomic mass is 16.5. The molecule has 1 saturated carbocycles. The van der Waals surface area contributed by atoms with Crippen molar-refractivity contribution < 1.29 is 9.15 Å². The molecule has 0 radical (unpaired) electrons. The maximum absolute atomic E-state index is 5.68. The van der Waals surface area contributed by atoms with Crippen molar-refractivity contribution in [2.75, 3.05) is 19.7 Å². The van der Waals surface area contributed by atoms with E-state index in [1.165, 1.54) is 12.8 Å². The van der Waals surface area contributed by atoms with Crippen molar-refractivity contribution in [3.8, 4) is 0 Å². The summed E-state index contributed by atoms with van der Waals surface area (Å²) in [5.74, 6) is 2.11. The van der Waals surface area contributed by atoms with Gasteiger partial charge in [0.05, 0.1) is 18.8 Å². The van der Waals surface area contributed by atoms with Gasteiger partial charge in [0.25, 0.3) is 0 Å². The Morgan fingerprint density at radius 2 is 2.18 bits per heavy atom. The lowest BCUT2D eigenvalue weighted by molar-refractivity contribution is -0.0898. The summed E-state index contributed by atoms with van der Waals surface area (Å²) in [5.41, 5.74) is -0.0718. The summed E-state index contributed by atoms with van der Waals surface area (Å²) >= 11 is 0. The van der Waals surface area contributed by atoms with E-state index in [0.717, 1.165) is 38.0 Å². The second-order valence-electron chi connectivity index (χ2n) is 5.63. The molecule has 2 fully saturated rings. The van der Waals surface area contributed by atoms with Crippen LogP contribution in [0, 0.1) is 0 Å². The van der Waals surface area contributed by atoms with E-state index >= 15 is 0 Å². The van der Waals surface area contributed by atoms with Crippen molar-refractivity contribution in [1.29, 1.82) is 0 Å². The minimum absolute atomic E-state index is 0.0718. The quantitative estimate of drug-likeness (QED) is 0.798. The van der Waals surface area contributed by atoms with E-state index in [1.54, 1.807) is 0 Å². The second kappa shape index (κ2) is 4.07. The summed E-state index contributed by atoms with van der Waals surface area (Å²) in [6, 6.07) is 0. The molecule has 1 aliphatic carbocycles. The van der Waals surface area contributed by atoms with E-state index in [-0.39, 0.29) is 5.60 Å². The summed E-state index contributed by atoms with van der Waals surface area (Å²) in [6.45, 7) is 7.59. The molecule has 94 valence electrons. The Balaban J connectivity index is 1.61. The van der Waals surface area contributed by atoms with Gasteiger partial charge in [-0.15, -0.1) is 10.2 Å². The van der Waals surface area contributed by atoms with E-state index in [9.17, 15) is 0 Å². The first-order valence-corrected chi connectivity index (χ1v) is 6.31. The Kier molecular flexibility index (Phi) is 2.67. The fourth-order valence-corrected chi connectivity index (χ4v) is 2.27. The van der Waals surface area contributed by atoms with Crippen LogP contribution in [0.15, 0.2) is 4.42 Å². The predicted octanol–water partition coefficient (Wildman–Crippen LogP) is 1.56. The van der Waals surface area contributed by atoms with Crippen molar-refractivity contribution in [3.05, 3.63) is 11.8 Å². The van der Waals surface area contributed by atoms with E-state index in [4.69, 9.17) is 9.15 Å². The van der Waals surface area contributed by atoms with Crippen LogP contribution in [0.3, 0.4) is 0 Å². The van der Waals surface area contributed by atoms with Crippen LogP contribution in [-0.2, 0) is 11.3 Å². The summed E-state index contributed by atoms with van der Waals surface area (Å²) in [7, 11) is 0. The zero-order chi connectivity index (χ0) is 11.9. The smallest absolute Gasteiger partial charge is 0.230 e. The van der Waals surface area contributed by atoms with E-state index in [2.05, 4.69) is 28.9 Å². The third kappa shape index (κ3) is 2.66. The molecule has 2 heterocycles. The van der Waals surface area contributed by atoms with Crippen LogP contribution in [0.5, 0.6) is 0 Å². The van der Waals surface area contributed by atoms with Gasteiger partial charge in [0.2, 0.25) is 11.8 Å². The highest BCUT2D eigenvalue weighted by Gasteiger charge is 2.31. The summed E-state index contributed by atoms with van der Waals surface area (Å²) in [5, 5.41) is 8.23. The monoisotopic (exact) mass is 237 g/mol. The second-order valence-corrected chi connectivity index (χ2v) is 5.63. The van der Waals surface area contributed by atoms with Gasteiger partial charge in [-0.25, -0.2) is 0 Å². The topological polar surface area (TPSA) is 51.4 Å². The molecule has 0 bridgehead atoms. The van der Waals surface area contributed by atoms with Crippen molar-refractivity contribution in [1.82, 2.24) is 15.1 Å². The number of ether oxygens (including phenoxy) is 1. The van der Waals surface area contributed by atoms with Crippen molar-refractivity contribution >= 4 is 0 Å². The summed E-state index contributed by atoms with van der Waals surface area (Å²) < 4.78 is 11.4. The molecule has 17 heavy (non-hydrogen) atoms. The molecule has 5 heteroatoms. The first-order chi connectivity index (χ1) is 8.12. The lowest BCUT2D eigenvalue weighted by Crippen LogP contribution is -2.47. The average Bonchev–Trinajstić information content (AvgIpc) is 2.99. The molecule has 1 saturated heterocycles. The Labute approximate surface area is 101 Å². The van der Waals surface area contributed by atoms with Crippen LogP contribution >= 0.6 is 0 Å². The highest BCUT2D eigenvalue weighted by Crippen LogP contribution is 2.39. The van der Waals surface area contributed by atoms with Gasteiger partial charge in [-0.2, -0.15) is 0 Å². The third-order valence-corrected chi connectivity index (χ3v) is 3.27. The van der Waals surface area contributed by atoms with Crippen LogP contribution in [0.1, 0.15) is 44.4 Å². The zero-order valence-electron chi connectivity index (χ0n) is 10.5. The minimum Gasteiger partial charge on any atom is -0.424 e. The van der Waals surface area contributed by atoms with Gasteiger partial charge in [-0.1, -0.05) is 0 Å². The first kappa shape index (κ1) is 11.2. The Hall–Kier alpha value is -0.940. The van der Waals surface area contributed by atoms with E-state index < -0.39 is 0 Å². The number of hydrogen-bond donors (Lipinski definition) is 0. The molecule has 0 unspecified atom stereocenters. The van der Waals surface area contributed by atoms with Crippen LogP contribution in [0.2, 0.25) is 0 Å². The van der Waals surface area contributed by atoms with Gasteiger partial charge in [-0.3, -0.25) is 4.90 Å². The van der Waals surface area contributed by atoms with Gasteiger partial charge in [0.1, 0.15) is 0 Å². The standard InChI is InChI=1S/C12H19N3O2/c1-12(2)8-15(5-6-16-12)7-10-13-14-11(17-10)9-3-4-9/h9H,3-8H2,1-2H3. The fraction of sp³-hybridized carbons (Fsp3) is 0.833. The van der Waals surface area contributed by atoms with Gasteiger partial charge in [0, 0.05) is 19.0 Å². The number of nitrogens with zero attached hydrogens (tertiary/aromatic N) is 3. The van der Waals surface area contributed by atoms with Gasteiger partial charge in [-0.05, 0) is 26.7 Å². The molecule has 0 spiro atoms. The molecular formula is C12H19N3O2. The van der Waals surface area contributed by atoms with Crippen molar-refractivity contribution in [2.24, 2.45) is 0 Å². The molecule has 0 aromatic carbocycles. The number of hydrogen-bond acceptors (Lipinski definition) is 5. The Bertz CT molecular complexity index is 398. The summed E-state index contributed by atoms with van der Waals surface area (Å²) in [6.07, 6.45) is 2.40. The molecule has 1 aromatic heterocycles. The molecule has 0 atom stereocenters. The largest absolute Gasteiger partial charge is 0.424 e. The molecule has 5 nitrogen and oxygen atoms in total. The van der Waals surface area contributed by atoms with Crippen LogP contribution in [0.4, 0.5) is 0 Å². The highest BCUT2D eigenvalue weighted by molar-refractivity contribution is 5.00. The molecule has 1 aliphatic heterocycles. The molecular weight excluding hydrogens is 218 g/mol. The predicted molar refractivity (Wildman–Crippen MR) is 61.6 cm³/mol. The van der Waals surface area contributed by atoms with Crippen LogP contribution in [-0.4, -0.2) is 40.4 Å². The molecule has 3 rings (SSSR count). The Morgan fingerprint density at radius 1 is 1.35 bits per heavy atom. The van der Waals surface area contributed by atoms with Crippen LogP contribution in [0.25, 0.3) is 0 Å². The van der Waals surface area contributed by atoms with Crippen molar-refractivity contribution in [3.63, 3.8) is 0 Å². The number of rotatable bonds is 3. The lowest BCUT2D eigenvalue weighted by atomic mass is 10.1. The maximum atomic E-state index is 5.68. The van der Waals surface area contributed by atoms with E-state index in [0.29, 0.717) is 5.92 Å². The van der Waals surface area contributed by atoms with Gasteiger partial charge < -0.3 is 9.15 Å². The molecule has 1 aromatic rings. The fourth-order valence-electron chi connectivity index (χ4n) is 2.27. The van der Waals surface area contributed by atoms with Gasteiger partial charge in [0.15, 0.2) is 0 Å². The third-order valence-electron chi connectivity index (χ3n) is 3.27. The minimum atomic E-state index is -0.0718. The number of morpholine rings is 1.